The van der Waals surface area contributed by atoms with Crippen LogP contribution in [-0.2, 0) is 0 Å². The molecule has 1 aliphatic rings. The number of carbonyl (C=O) groups excluding carboxylic acids is 1. The second-order valence-electron chi connectivity index (χ2n) is 4.16. The molecule has 7 nitrogen and oxygen atoms in total. The van der Waals surface area contributed by atoms with Crippen LogP contribution in [0.1, 0.15) is 36.2 Å². The van der Waals surface area contributed by atoms with E-state index in [1.54, 1.807) is 4.98 Å². The van der Waals surface area contributed by atoms with Gasteiger partial charge in [0.1, 0.15) is 0 Å². The van der Waals surface area contributed by atoms with E-state index < -0.39 is 28.6 Å². The minimum Gasteiger partial charge on any atom is -0.501 e. The Morgan fingerprint density at radius 3 is 2.61 bits per heavy atom. The lowest BCUT2D eigenvalue weighted by Crippen LogP contribution is -2.25. The van der Waals surface area contributed by atoms with Gasteiger partial charge in [0.15, 0.2) is 0 Å². The molecule has 94 valence electrons. The van der Waals surface area contributed by atoms with Gasteiger partial charge in [0, 0.05) is 4.85 Å². The molecule has 1 fully saturated rings. The molecule has 0 spiro atoms. The van der Waals surface area contributed by atoms with Crippen LogP contribution >= 0.6 is 0 Å². The Balaban J connectivity index is 2.29. The first-order chi connectivity index (χ1) is 8.58. The Kier molecular flexibility index (Phi) is 3.28. The Morgan fingerprint density at radius 2 is 1.94 bits per heavy atom. The van der Waals surface area contributed by atoms with Gasteiger partial charge in [-0.15, -0.1) is 0 Å². The fourth-order valence-electron chi connectivity index (χ4n) is 1.90. The number of nitrogens with zero attached hydrogens (tertiary/aromatic N) is 1. The third kappa shape index (κ3) is 2.48. The average molecular weight is 250 g/mol. The molecule has 1 amide bonds. The first-order valence-electron chi connectivity index (χ1n) is 5.64. The summed E-state index contributed by atoms with van der Waals surface area (Å²) in [5.74, 6) is -1.58. The van der Waals surface area contributed by atoms with Crippen molar-refractivity contribution in [2.24, 2.45) is 5.92 Å². The highest BCUT2D eigenvalue weighted by Crippen LogP contribution is 2.23. The van der Waals surface area contributed by atoms with Crippen molar-refractivity contribution in [3.8, 4) is 11.8 Å². The van der Waals surface area contributed by atoms with Crippen molar-refractivity contribution in [1.82, 2.24) is 9.97 Å². The predicted octanol–water partition coefficient (Wildman–Crippen LogP) is 0.432. The van der Waals surface area contributed by atoms with E-state index in [0.717, 1.165) is 25.7 Å². The van der Waals surface area contributed by atoms with Crippen LogP contribution in [0.4, 0.5) is 0 Å². The van der Waals surface area contributed by atoms with Gasteiger partial charge in [0.2, 0.25) is 11.4 Å². The number of carbonyl (C=O) groups is 1. The van der Waals surface area contributed by atoms with E-state index in [-0.39, 0.29) is 5.92 Å². The summed E-state index contributed by atoms with van der Waals surface area (Å²) < 4.78 is 0. The summed E-state index contributed by atoms with van der Waals surface area (Å²) in [5, 5.41) is 9.36. The monoisotopic (exact) mass is 250 g/mol. The first-order valence-corrected chi connectivity index (χ1v) is 5.64. The molecule has 1 aromatic heterocycles. The summed E-state index contributed by atoms with van der Waals surface area (Å²) in [4.78, 5) is 41.1. The summed E-state index contributed by atoms with van der Waals surface area (Å²) in [6.07, 6.45) is 4.01. The van der Waals surface area contributed by atoms with E-state index in [4.69, 9.17) is 0 Å². The number of aromatic hydroxyl groups is 1. The number of aromatic nitrogens is 2. The molecule has 18 heavy (non-hydrogen) atoms. The van der Waals surface area contributed by atoms with Crippen molar-refractivity contribution in [3.05, 3.63) is 31.4 Å². The largest absolute Gasteiger partial charge is 0.568 e. The third-order valence-corrected chi connectivity index (χ3v) is 2.84. The maximum atomic E-state index is 11.6. The molecule has 7 heteroatoms. The van der Waals surface area contributed by atoms with Gasteiger partial charge in [-0.25, -0.2) is 4.79 Å². The van der Waals surface area contributed by atoms with Crippen LogP contribution in [0.15, 0.2) is 9.59 Å². The molecule has 0 bridgehead atoms. The van der Waals surface area contributed by atoms with Gasteiger partial charge in [-0.2, -0.15) is 4.79 Å². The number of rotatable bonds is 1. The van der Waals surface area contributed by atoms with E-state index in [9.17, 15) is 19.5 Å². The van der Waals surface area contributed by atoms with Gasteiger partial charge in [0.25, 0.3) is 11.6 Å². The molecule has 0 saturated heterocycles. The molecule has 1 aliphatic carbocycles. The number of hydrogen-bond acceptors (Lipinski definition) is 4. The third-order valence-electron chi connectivity index (χ3n) is 2.84. The summed E-state index contributed by atoms with van der Waals surface area (Å²) in [7, 11) is 0. The second-order valence-corrected chi connectivity index (χ2v) is 4.16. The quantitative estimate of drug-likeness (QED) is 0.671. The van der Waals surface area contributed by atoms with Crippen molar-refractivity contribution < 1.29 is 9.90 Å². The number of amides is 1. The minimum atomic E-state index is -1.02. The Labute approximate surface area is 101 Å². The Morgan fingerprint density at radius 1 is 1.28 bits per heavy atom. The van der Waals surface area contributed by atoms with Crippen molar-refractivity contribution in [1.29, 1.82) is 0 Å². The molecule has 0 radical (unpaired) electrons. The molecule has 0 aromatic carbocycles. The highest BCUT2D eigenvalue weighted by Gasteiger charge is 2.26. The maximum Gasteiger partial charge on any atom is 0.568 e. The van der Waals surface area contributed by atoms with Crippen LogP contribution < -0.4 is 11.2 Å². The van der Waals surface area contributed by atoms with Crippen LogP contribution in [0, 0.1) is 12.0 Å². The lowest BCUT2D eigenvalue weighted by atomic mass is 10.1. The molecule has 1 aromatic rings. The first kappa shape index (κ1) is 12.1. The molecule has 3 N–H and O–H groups in total. The van der Waals surface area contributed by atoms with Crippen LogP contribution in [-0.4, -0.2) is 21.0 Å². The van der Waals surface area contributed by atoms with Crippen LogP contribution in [0.2, 0.25) is 0 Å². The van der Waals surface area contributed by atoms with E-state index in [1.807, 2.05) is 4.98 Å². The number of hydrogen-bond donors (Lipinski definition) is 3. The van der Waals surface area contributed by atoms with E-state index in [0.29, 0.717) is 0 Å². The number of H-pyrrole nitrogens is 2. The highest BCUT2D eigenvalue weighted by molar-refractivity contribution is 6.02. The van der Waals surface area contributed by atoms with Gasteiger partial charge in [-0.1, -0.05) is 12.8 Å². The van der Waals surface area contributed by atoms with Gasteiger partial charge in [0.05, 0.1) is 5.92 Å². The smallest absolute Gasteiger partial charge is 0.501 e. The van der Waals surface area contributed by atoms with Gasteiger partial charge in [-0.05, 0) is 12.8 Å². The zero-order valence-corrected chi connectivity index (χ0v) is 9.52. The summed E-state index contributed by atoms with van der Waals surface area (Å²) in [6, 6.07) is 2.68. The zero-order chi connectivity index (χ0) is 13.1. The second kappa shape index (κ2) is 4.87. The molecular formula is C11H12N3O4+. The van der Waals surface area contributed by atoms with E-state index in [2.05, 4.69) is 10.9 Å². The SMILES string of the molecule is O=C([N+]#CC1CCCC1)c1[nH]c(=O)[nH]c(=O)c1O. The fraction of sp³-hybridized carbons (Fsp3) is 0.455. The van der Waals surface area contributed by atoms with Gasteiger partial charge >= 0.3 is 11.6 Å². The van der Waals surface area contributed by atoms with Gasteiger partial charge in [-0.3, -0.25) is 14.8 Å². The molecule has 1 heterocycles. The van der Waals surface area contributed by atoms with Crippen molar-refractivity contribution in [3.63, 3.8) is 0 Å². The summed E-state index contributed by atoms with van der Waals surface area (Å²) >= 11 is 0. The lowest BCUT2D eigenvalue weighted by Gasteiger charge is -1.91. The molecular weight excluding hydrogens is 238 g/mol. The van der Waals surface area contributed by atoms with Gasteiger partial charge < -0.3 is 5.11 Å². The number of aromatic amines is 2. The zero-order valence-electron chi connectivity index (χ0n) is 9.52. The van der Waals surface area contributed by atoms with Crippen molar-refractivity contribution in [2.75, 3.05) is 0 Å². The standard InChI is InChI=1S/C11H11N3O4/c15-8-7(13-11(18)14-10(8)17)9(16)12-5-6-3-1-2-4-6/h6H,1-4H2,(H2-,13,14,15,16,17,18)/p+1. The predicted molar refractivity (Wildman–Crippen MR) is 62.9 cm³/mol. The lowest BCUT2D eigenvalue weighted by molar-refractivity contribution is 0.103. The van der Waals surface area contributed by atoms with Crippen LogP contribution in [0.3, 0.4) is 0 Å². The van der Waals surface area contributed by atoms with Crippen LogP contribution in [0.5, 0.6) is 5.75 Å². The normalized spacial score (nSPS) is 15.1. The molecule has 1 saturated carbocycles. The van der Waals surface area contributed by atoms with Crippen molar-refractivity contribution in [2.45, 2.75) is 25.7 Å². The molecule has 0 unspecified atom stereocenters. The number of nitrogens with one attached hydrogen (secondary N) is 2. The maximum absolute atomic E-state index is 11.6. The molecule has 2 rings (SSSR count). The summed E-state index contributed by atoms with van der Waals surface area (Å²) in [5.41, 5.74) is -2.38. The average Bonchev–Trinajstić information content (AvgIpc) is 2.83. The minimum absolute atomic E-state index is 0.129. The topological polar surface area (TPSA) is 107 Å². The Hall–Kier alpha value is -2.36. The fourth-order valence-corrected chi connectivity index (χ4v) is 1.90. The van der Waals surface area contributed by atoms with Crippen LogP contribution in [0.25, 0.3) is 4.85 Å². The van der Waals surface area contributed by atoms with Crippen molar-refractivity contribution >= 4 is 5.91 Å². The Bertz CT molecular complexity index is 641. The van der Waals surface area contributed by atoms with E-state index in [1.165, 1.54) is 0 Å². The highest BCUT2D eigenvalue weighted by atomic mass is 16.3. The molecule has 0 atom stereocenters. The summed E-state index contributed by atoms with van der Waals surface area (Å²) in [6.45, 7) is 0. The molecule has 0 aliphatic heterocycles. The van der Waals surface area contributed by atoms with E-state index >= 15 is 0 Å².